The summed E-state index contributed by atoms with van der Waals surface area (Å²) in [5, 5.41) is 5.43. The Morgan fingerprint density at radius 3 is 2.38 bits per heavy atom. The van der Waals surface area contributed by atoms with Crippen LogP contribution in [0.3, 0.4) is 0 Å². The number of ether oxygens (including phenoxy) is 2. The maximum absolute atomic E-state index is 12.7. The van der Waals surface area contributed by atoms with Gasteiger partial charge in [-0.25, -0.2) is 0 Å². The smallest absolute Gasteiger partial charge is 0.253 e. The number of thioether (sulfide) groups is 1. The van der Waals surface area contributed by atoms with E-state index in [0.29, 0.717) is 22.7 Å². The molecule has 2 amide bonds. The van der Waals surface area contributed by atoms with E-state index < -0.39 is 0 Å². The van der Waals surface area contributed by atoms with E-state index in [1.54, 1.807) is 44.6 Å². The molecule has 2 rings (SSSR count). The molecule has 156 valence electrons. The van der Waals surface area contributed by atoms with Gasteiger partial charge >= 0.3 is 0 Å². The number of hydrogen-bond acceptors (Lipinski definition) is 5. The highest BCUT2D eigenvalue weighted by Gasteiger charge is 2.19. The van der Waals surface area contributed by atoms with Crippen molar-refractivity contribution in [3.8, 4) is 11.5 Å². The largest absolute Gasteiger partial charge is 0.493 e. The van der Waals surface area contributed by atoms with Crippen molar-refractivity contribution < 1.29 is 19.1 Å². The molecule has 0 aromatic heterocycles. The van der Waals surface area contributed by atoms with Gasteiger partial charge in [-0.3, -0.25) is 9.59 Å². The maximum atomic E-state index is 12.7. The predicted octanol–water partition coefficient (Wildman–Crippen LogP) is 4.35. The van der Waals surface area contributed by atoms with E-state index >= 15 is 0 Å². The molecule has 29 heavy (non-hydrogen) atoms. The van der Waals surface area contributed by atoms with Gasteiger partial charge in [-0.05, 0) is 50.6 Å². The number of para-hydroxylation sites is 1. The lowest BCUT2D eigenvalue weighted by molar-refractivity contribution is -0.115. The molecule has 0 aliphatic heterocycles. The lowest BCUT2D eigenvalue weighted by Crippen LogP contribution is -2.33. The van der Waals surface area contributed by atoms with Gasteiger partial charge < -0.3 is 20.1 Å². The summed E-state index contributed by atoms with van der Waals surface area (Å²) in [4.78, 5) is 26.1. The van der Waals surface area contributed by atoms with E-state index in [9.17, 15) is 9.59 Å². The number of rotatable bonds is 9. The van der Waals surface area contributed by atoms with Gasteiger partial charge in [0.05, 0.1) is 30.7 Å². The monoisotopic (exact) mass is 416 g/mol. The van der Waals surface area contributed by atoms with Crippen molar-refractivity contribution in [2.75, 3.05) is 19.5 Å². The summed E-state index contributed by atoms with van der Waals surface area (Å²) in [5.41, 5.74) is 0.947. The van der Waals surface area contributed by atoms with Crippen LogP contribution in [0.2, 0.25) is 0 Å². The first-order valence-electron chi connectivity index (χ1n) is 9.49. The number of carbonyl (C=O) groups excluding carboxylic acids is 2. The second kappa shape index (κ2) is 10.8. The summed E-state index contributed by atoms with van der Waals surface area (Å²) in [6.07, 6.45) is 0.833. The summed E-state index contributed by atoms with van der Waals surface area (Å²) < 4.78 is 10.6. The Kier molecular flexibility index (Phi) is 8.39. The number of methoxy groups -OCH3 is 2. The second-order valence-corrected chi connectivity index (χ2v) is 8.01. The van der Waals surface area contributed by atoms with E-state index in [2.05, 4.69) is 10.6 Å². The molecule has 2 N–H and O–H groups in total. The highest BCUT2D eigenvalue weighted by molar-refractivity contribution is 8.00. The van der Waals surface area contributed by atoms with Crippen molar-refractivity contribution in [2.45, 2.75) is 43.4 Å². The van der Waals surface area contributed by atoms with Gasteiger partial charge in [-0.2, -0.15) is 0 Å². The normalized spacial score (nSPS) is 12.6. The Balaban J connectivity index is 2.09. The molecule has 2 atom stereocenters. The maximum Gasteiger partial charge on any atom is 0.253 e. The summed E-state index contributed by atoms with van der Waals surface area (Å²) in [6.45, 7) is 5.77. The van der Waals surface area contributed by atoms with Crippen molar-refractivity contribution in [1.29, 1.82) is 0 Å². The lowest BCUT2D eigenvalue weighted by atomic mass is 10.1. The van der Waals surface area contributed by atoms with Crippen molar-refractivity contribution >= 4 is 29.3 Å². The van der Waals surface area contributed by atoms with Gasteiger partial charge in [0, 0.05) is 10.9 Å². The third-order valence-corrected chi connectivity index (χ3v) is 5.55. The van der Waals surface area contributed by atoms with Gasteiger partial charge in [-0.15, -0.1) is 11.8 Å². The molecule has 0 saturated carbocycles. The standard InChI is InChI=1S/C22H28N2O4S/c1-6-14(2)23-22(26)17-9-7-8-10-18(17)24-21(25)15(3)29-16-11-12-19(27-4)20(13-16)28-5/h7-15H,6H2,1-5H3,(H,23,26)(H,24,25)/t14-,15-/m1/s1. The van der Waals surface area contributed by atoms with Crippen LogP contribution in [0.15, 0.2) is 47.4 Å². The van der Waals surface area contributed by atoms with Crippen molar-refractivity contribution in [2.24, 2.45) is 0 Å². The van der Waals surface area contributed by atoms with Gasteiger partial charge in [0.25, 0.3) is 5.91 Å². The first-order chi connectivity index (χ1) is 13.9. The third kappa shape index (κ3) is 6.15. The fourth-order valence-electron chi connectivity index (χ4n) is 2.58. The molecular formula is C22H28N2O4S. The Labute approximate surface area is 176 Å². The van der Waals surface area contributed by atoms with Crippen molar-refractivity contribution in [3.05, 3.63) is 48.0 Å². The third-order valence-electron chi connectivity index (χ3n) is 4.46. The number of amides is 2. The molecular weight excluding hydrogens is 388 g/mol. The fourth-order valence-corrected chi connectivity index (χ4v) is 3.47. The van der Waals surface area contributed by atoms with E-state index in [0.717, 1.165) is 11.3 Å². The first kappa shape index (κ1) is 22.6. The summed E-state index contributed by atoms with van der Waals surface area (Å²) >= 11 is 1.40. The van der Waals surface area contributed by atoms with E-state index in [4.69, 9.17) is 9.47 Å². The van der Waals surface area contributed by atoms with Crippen LogP contribution in [-0.2, 0) is 4.79 Å². The Hall–Kier alpha value is -2.67. The van der Waals surface area contributed by atoms with Crippen LogP contribution in [0.4, 0.5) is 5.69 Å². The zero-order valence-corrected chi connectivity index (χ0v) is 18.3. The zero-order chi connectivity index (χ0) is 21.4. The van der Waals surface area contributed by atoms with Crippen molar-refractivity contribution in [3.63, 3.8) is 0 Å². The van der Waals surface area contributed by atoms with E-state index in [1.807, 2.05) is 32.9 Å². The average Bonchev–Trinajstić information content (AvgIpc) is 2.73. The SMILES string of the molecule is CC[C@@H](C)NC(=O)c1ccccc1NC(=O)[C@@H](C)Sc1ccc(OC)c(OC)c1. The summed E-state index contributed by atoms with van der Waals surface area (Å²) in [7, 11) is 3.15. The van der Waals surface area contributed by atoms with Gasteiger partial charge in [0.15, 0.2) is 11.5 Å². The van der Waals surface area contributed by atoms with Crippen LogP contribution < -0.4 is 20.1 Å². The highest BCUT2D eigenvalue weighted by Crippen LogP contribution is 2.33. The Morgan fingerprint density at radius 2 is 1.72 bits per heavy atom. The Morgan fingerprint density at radius 1 is 1.03 bits per heavy atom. The number of anilines is 1. The average molecular weight is 417 g/mol. The molecule has 0 bridgehead atoms. The first-order valence-corrected chi connectivity index (χ1v) is 10.4. The summed E-state index contributed by atoms with van der Waals surface area (Å²) in [6, 6.07) is 12.6. The summed E-state index contributed by atoms with van der Waals surface area (Å²) in [5.74, 6) is 0.858. The molecule has 0 saturated heterocycles. The van der Waals surface area contributed by atoms with Crippen LogP contribution in [-0.4, -0.2) is 37.3 Å². The topological polar surface area (TPSA) is 76.7 Å². The minimum atomic E-state index is -0.376. The molecule has 0 radical (unpaired) electrons. The highest BCUT2D eigenvalue weighted by atomic mass is 32.2. The molecule has 0 aliphatic carbocycles. The molecule has 0 aliphatic rings. The molecule has 7 heteroatoms. The molecule has 0 unspecified atom stereocenters. The molecule has 0 fully saturated rings. The Bertz CT molecular complexity index is 856. The van der Waals surface area contributed by atoms with Gasteiger partial charge in [-0.1, -0.05) is 19.1 Å². The number of nitrogens with one attached hydrogen (secondary N) is 2. The minimum Gasteiger partial charge on any atom is -0.493 e. The van der Waals surface area contributed by atoms with Gasteiger partial charge in [0.1, 0.15) is 0 Å². The lowest BCUT2D eigenvalue weighted by Gasteiger charge is -2.17. The van der Waals surface area contributed by atoms with Gasteiger partial charge in [0.2, 0.25) is 5.91 Å². The molecule has 2 aromatic rings. The van der Waals surface area contributed by atoms with E-state index in [-0.39, 0.29) is 23.1 Å². The fraction of sp³-hybridized carbons (Fsp3) is 0.364. The van der Waals surface area contributed by atoms with Crippen LogP contribution in [0.25, 0.3) is 0 Å². The molecule has 6 nitrogen and oxygen atoms in total. The molecule has 0 spiro atoms. The van der Waals surface area contributed by atoms with Crippen LogP contribution >= 0.6 is 11.8 Å². The second-order valence-electron chi connectivity index (χ2n) is 6.59. The van der Waals surface area contributed by atoms with Crippen molar-refractivity contribution in [1.82, 2.24) is 5.32 Å². The number of benzene rings is 2. The number of carbonyl (C=O) groups is 2. The number of hydrogen-bond donors (Lipinski definition) is 2. The van der Waals surface area contributed by atoms with Crippen LogP contribution in [0.5, 0.6) is 11.5 Å². The van der Waals surface area contributed by atoms with Crippen LogP contribution in [0, 0.1) is 0 Å². The zero-order valence-electron chi connectivity index (χ0n) is 17.4. The predicted molar refractivity (Wildman–Crippen MR) is 117 cm³/mol. The van der Waals surface area contributed by atoms with E-state index in [1.165, 1.54) is 11.8 Å². The quantitative estimate of drug-likeness (QED) is 0.594. The molecule has 2 aromatic carbocycles. The molecule has 0 heterocycles. The minimum absolute atomic E-state index is 0.0609. The van der Waals surface area contributed by atoms with Crippen LogP contribution in [0.1, 0.15) is 37.6 Å².